The summed E-state index contributed by atoms with van der Waals surface area (Å²) in [6.45, 7) is 7.99. The summed E-state index contributed by atoms with van der Waals surface area (Å²) < 4.78 is 42.4. The van der Waals surface area contributed by atoms with E-state index in [0.29, 0.717) is 51.4 Å². The lowest BCUT2D eigenvalue weighted by molar-refractivity contribution is -0.376. The number of fused-ring (bicyclic) bond motifs is 3. The third kappa shape index (κ3) is 7.95. The Bertz CT molecular complexity index is 1720. The van der Waals surface area contributed by atoms with Gasteiger partial charge in [-0.3, -0.25) is 4.79 Å². The number of aliphatic hydroxyl groups excluding tert-OH is 13. The summed E-state index contributed by atoms with van der Waals surface area (Å²) in [4.78, 5) is 14.3. The fourth-order valence-electron chi connectivity index (χ4n) is 14.0. The Hall–Kier alpha value is -1.55. The van der Waals surface area contributed by atoms with Crippen LogP contribution in [0.4, 0.5) is 0 Å². The highest BCUT2D eigenvalue weighted by Crippen LogP contribution is 2.76. The van der Waals surface area contributed by atoms with Gasteiger partial charge in [0.15, 0.2) is 12.6 Å². The molecular formula is C44H70O21. The molecule has 20 unspecified atom stereocenters. The molecule has 0 aromatic rings. The smallest absolute Gasteiger partial charge is 0.314 e. The third-order valence-electron chi connectivity index (χ3n) is 17.4. The first-order valence-electron chi connectivity index (χ1n) is 23.1. The number of esters is 1. The average molecular weight is 935 g/mol. The second kappa shape index (κ2) is 18.3. The molecule has 4 saturated heterocycles. The van der Waals surface area contributed by atoms with Crippen LogP contribution in [0.25, 0.3) is 0 Å². The molecule has 1 spiro atoms. The molecule has 4 heterocycles. The van der Waals surface area contributed by atoms with Gasteiger partial charge in [-0.05, 0) is 87.9 Å². The van der Waals surface area contributed by atoms with Gasteiger partial charge in [-0.15, -0.1) is 0 Å². The molecule has 21 heteroatoms. The van der Waals surface area contributed by atoms with Gasteiger partial charge in [0.1, 0.15) is 91.6 Å². The minimum absolute atomic E-state index is 0.0325. The lowest BCUT2D eigenvalue weighted by atomic mass is 9.40. The van der Waals surface area contributed by atoms with E-state index in [4.69, 9.17) is 33.2 Å². The van der Waals surface area contributed by atoms with Gasteiger partial charge in [0, 0.05) is 5.41 Å². The number of rotatable bonds is 10. The van der Waals surface area contributed by atoms with Crippen LogP contribution in [-0.4, -0.2) is 215 Å². The molecule has 4 aliphatic heterocycles. The third-order valence-corrected chi connectivity index (χ3v) is 17.4. The van der Waals surface area contributed by atoms with E-state index in [0.717, 1.165) is 12.0 Å². The molecule has 8 rings (SSSR count). The molecule has 26 atom stereocenters. The van der Waals surface area contributed by atoms with Gasteiger partial charge in [-0.1, -0.05) is 25.5 Å². The summed E-state index contributed by atoms with van der Waals surface area (Å²) in [5, 5.41) is 138. The van der Waals surface area contributed by atoms with Crippen LogP contribution in [0.3, 0.4) is 0 Å². The molecule has 2 bridgehead atoms. The molecule has 0 aromatic carbocycles. The molecule has 4 saturated carbocycles. The number of ether oxygens (including phenoxy) is 7. The first-order valence-corrected chi connectivity index (χ1v) is 23.1. The maximum absolute atomic E-state index is 14.3. The molecule has 372 valence electrons. The van der Waals surface area contributed by atoms with Crippen molar-refractivity contribution >= 4 is 5.97 Å². The van der Waals surface area contributed by atoms with E-state index in [1.54, 1.807) is 0 Å². The van der Waals surface area contributed by atoms with Crippen molar-refractivity contribution in [3.8, 4) is 0 Å². The van der Waals surface area contributed by atoms with Crippen LogP contribution in [-0.2, 0) is 38.0 Å². The molecule has 21 nitrogen and oxygen atoms in total. The zero-order valence-electron chi connectivity index (χ0n) is 37.0. The summed E-state index contributed by atoms with van der Waals surface area (Å²) in [5.41, 5.74) is -2.03. The fourth-order valence-corrected chi connectivity index (χ4v) is 14.0. The van der Waals surface area contributed by atoms with Crippen LogP contribution >= 0.6 is 0 Å². The summed E-state index contributed by atoms with van der Waals surface area (Å²) in [5.74, 6) is -0.785. The highest BCUT2D eigenvalue weighted by atomic mass is 16.8. The van der Waals surface area contributed by atoms with Crippen LogP contribution in [0.2, 0.25) is 0 Å². The molecule has 0 aromatic heterocycles. The van der Waals surface area contributed by atoms with Crippen LogP contribution in [0, 0.1) is 33.5 Å². The first-order chi connectivity index (χ1) is 30.6. The van der Waals surface area contributed by atoms with E-state index >= 15 is 0 Å². The van der Waals surface area contributed by atoms with Gasteiger partial charge in [0.25, 0.3) is 0 Å². The molecule has 4 aliphatic carbocycles. The molecular weight excluding hydrogens is 864 g/mol. The van der Waals surface area contributed by atoms with Crippen LogP contribution in [0.15, 0.2) is 12.2 Å². The zero-order valence-corrected chi connectivity index (χ0v) is 37.0. The van der Waals surface area contributed by atoms with Crippen molar-refractivity contribution in [2.45, 2.75) is 201 Å². The summed E-state index contributed by atoms with van der Waals surface area (Å²) in [6.07, 6.45) is -26.2. The van der Waals surface area contributed by atoms with Gasteiger partial charge in [-0.2, -0.15) is 0 Å². The normalized spacial score (nSPS) is 55.8. The predicted molar refractivity (Wildman–Crippen MR) is 216 cm³/mol. The average Bonchev–Trinajstić information content (AvgIpc) is 3.49. The second-order valence-electron chi connectivity index (χ2n) is 20.9. The van der Waals surface area contributed by atoms with Crippen molar-refractivity contribution in [3.05, 3.63) is 12.2 Å². The van der Waals surface area contributed by atoms with E-state index in [2.05, 4.69) is 13.5 Å². The maximum atomic E-state index is 14.3. The van der Waals surface area contributed by atoms with Gasteiger partial charge in [-0.25, -0.2) is 0 Å². The molecule has 65 heavy (non-hydrogen) atoms. The number of carbonyl (C=O) groups excluding carboxylic acids is 1. The predicted octanol–water partition coefficient (Wildman–Crippen LogP) is -3.81. The lowest BCUT2D eigenvalue weighted by Crippen LogP contribution is -2.69. The van der Waals surface area contributed by atoms with Gasteiger partial charge in [0.2, 0.25) is 6.29 Å². The molecule has 8 aliphatic rings. The molecule has 13 N–H and O–H groups in total. The molecule has 0 amide bonds. The Morgan fingerprint density at radius 2 is 1.14 bits per heavy atom. The number of hydrogen-bond donors (Lipinski definition) is 13. The monoisotopic (exact) mass is 934 g/mol. The van der Waals surface area contributed by atoms with Gasteiger partial charge >= 0.3 is 5.97 Å². The lowest BCUT2D eigenvalue weighted by Gasteiger charge is -2.65. The van der Waals surface area contributed by atoms with Gasteiger partial charge < -0.3 is 99.5 Å². The Balaban J connectivity index is 1.10. The minimum Gasteiger partial charge on any atom is -0.432 e. The van der Waals surface area contributed by atoms with E-state index in [9.17, 15) is 71.2 Å². The quantitative estimate of drug-likeness (QED) is 0.0738. The Morgan fingerprint density at radius 1 is 0.615 bits per heavy atom. The Labute approximate surface area is 376 Å². The number of hydrogen-bond acceptors (Lipinski definition) is 21. The van der Waals surface area contributed by atoms with Crippen LogP contribution in [0.5, 0.6) is 0 Å². The van der Waals surface area contributed by atoms with Gasteiger partial charge in [0.05, 0.1) is 37.4 Å². The van der Waals surface area contributed by atoms with Crippen molar-refractivity contribution in [3.63, 3.8) is 0 Å². The summed E-state index contributed by atoms with van der Waals surface area (Å²) >= 11 is 0. The molecule has 8 fully saturated rings. The Morgan fingerprint density at radius 3 is 1.75 bits per heavy atom. The number of aliphatic hydroxyl groups is 13. The summed E-state index contributed by atoms with van der Waals surface area (Å²) in [6, 6.07) is 0. The van der Waals surface area contributed by atoms with Crippen molar-refractivity contribution < 1.29 is 104 Å². The van der Waals surface area contributed by atoms with Crippen LogP contribution < -0.4 is 0 Å². The van der Waals surface area contributed by atoms with Crippen molar-refractivity contribution in [2.75, 3.05) is 19.8 Å². The highest BCUT2D eigenvalue weighted by Gasteiger charge is 2.71. The number of carbonyl (C=O) groups is 1. The first kappa shape index (κ1) is 49.9. The van der Waals surface area contributed by atoms with E-state index in [1.807, 2.05) is 6.92 Å². The van der Waals surface area contributed by atoms with Crippen molar-refractivity contribution in [1.82, 2.24) is 0 Å². The van der Waals surface area contributed by atoms with Crippen molar-refractivity contribution in [2.24, 2.45) is 33.5 Å². The van der Waals surface area contributed by atoms with E-state index < -0.39 is 170 Å². The topological polar surface area (TPSA) is 345 Å². The zero-order chi connectivity index (χ0) is 47.3. The van der Waals surface area contributed by atoms with E-state index in [-0.39, 0.29) is 11.8 Å². The SMILES string of the molecule is C=C1C[C@@]23CC[C@H]4[C@@](C)(CCC[C@@]4(C)C(=O)OC4OC(CO)C(O)C(O)C4O)[C@@H]2CC[C@]1(C1OC(CO)C(O)C(OC2OC(CO)C(O)C(O)C2O)C1OC1OC(C)C(O)C(O)C1O)C3. The standard InChI is InChI=1S/C44H70O21/c1-17-12-43-10-6-22-41(3,8-5-9-42(22,4)40(58)65-39-33(57)30(54)26(50)20(14-46)62-39)23(43)7-11-44(17,16-43)36-35(64-37-31(55)28(52)24(48)18(2)59-37)34(27(51)21(15-47)60-36)63-38-32(56)29(53)25(49)19(13-45)61-38/h18-39,45-57H,1,5-16H2,2-4H3/t18?,19?,20?,21?,22-,23-,24?,25?,26?,27?,28?,29?,30?,31?,32?,33?,34?,35?,36?,37?,38?,39?,41+,42+,43+,44-/m0/s1. The van der Waals surface area contributed by atoms with E-state index in [1.165, 1.54) is 6.92 Å². The molecule has 0 radical (unpaired) electrons. The highest BCUT2D eigenvalue weighted by molar-refractivity contribution is 5.77. The summed E-state index contributed by atoms with van der Waals surface area (Å²) in [7, 11) is 0. The fraction of sp³-hybridized carbons (Fsp3) is 0.932. The maximum Gasteiger partial charge on any atom is 0.314 e. The minimum atomic E-state index is -1.90. The van der Waals surface area contributed by atoms with Crippen LogP contribution in [0.1, 0.15) is 78.6 Å². The largest absolute Gasteiger partial charge is 0.432 e. The second-order valence-corrected chi connectivity index (χ2v) is 20.9. The van der Waals surface area contributed by atoms with Crippen molar-refractivity contribution in [1.29, 1.82) is 0 Å². The Kier molecular flexibility index (Phi) is 14.1.